The van der Waals surface area contributed by atoms with Crippen LogP contribution in [0.3, 0.4) is 0 Å². The number of nitrogens with zero attached hydrogens (tertiary/aromatic N) is 1. The molecule has 22 heavy (non-hydrogen) atoms. The topological polar surface area (TPSA) is 66.5 Å². The molecule has 1 saturated carbocycles. The third kappa shape index (κ3) is 4.08. The van der Waals surface area contributed by atoms with Crippen molar-refractivity contribution in [2.24, 2.45) is 0 Å². The van der Waals surface area contributed by atoms with Gasteiger partial charge in [0, 0.05) is 12.6 Å². The highest BCUT2D eigenvalue weighted by Crippen LogP contribution is 2.27. The highest BCUT2D eigenvalue weighted by molar-refractivity contribution is 7.89. The number of benzene rings is 1. The van der Waals surface area contributed by atoms with Crippen molar-refractivity contribution in [3.8, 4) is 0 Å². The molecule has 0 spiro atoms. The van der Waals surface area contributed by atoms with Gasteiger partial charge in [0.1, 0.15) is 0 Å². The largest absolute Gasteiger partial charge is 0.355 e. The Kier molecular flexibility index (Phi) is 5.97. The number of amides is 1. The maximum absolute atomic E-state index is 12.9. The summed E-state index contributed by atoms with van der Waals surface area (Å²) in [4.78, 5) is 12.2. The van der Waals surface area contributed by atoms with E-state index >= 15 is 0 Å². The number of carbonyl (C=O) groups excluding carboxylic acids is 1. The van der Waals surface area contributed by atoms with Crippen LogP contribution in [0.1, 0.15) is 39.0 Å². The fourth-order valence-corrected chi connectivity index (χ4v) is 4.56. The van der Waals surface area contributed by atoms with E-state index in [9.17, 15) is 13.2 Å². The molecule has 1 aromatic rings. The molecule has 1 N–H and O–H groups in total. The Morgan fingerprint density at radius 2 is 1.82 bits per heavy atom. The minimum absolute atomic E-state index is 0.0819. The molecule has 0 bridgehead atoms. The molecule has 2 rings (SSSR count). The SMILES string of the molecule is CCNC(=O)CN(C1CCCCC1)S(=O)(=O)c1ccccc1. The Labute approximate surface area is 132 Å². The van der Waals surface area contributed by atoms with E-state index in [1.165, 1.54) is 4.31 Å². The Morgan fingerprint density at radius 1 is 1.18 bits per heavy atom. The van der Waals surface area contributed by atoms with Gasteiger partial charge in [-0.3, -0.25) is 4.79 Å². The minimum Gasteiger partial charge on any atom is -0.355 e. The molecule has 0 aromatic heterocycles. The van der Waals surface area contributed by atoms with Gasteiger partial charge in [0.25, 0.3) is 0 Å². The van der Waals surface area contributed by atoms with Crippen LogP contribution >= 0.6 is 0 Å². The number of hydrogen-bond donors (Lipinski definition) is 1. The molecule has 0 unspecified atom stereocenters. The molecule has 1 aliphatic carbocycles. The second kappa shape index (κ2) is 7.74. The van der Waals surface area contributed by atoms with E-state index in [1.807, 2.05) is 6.92 Å². The number of hydrogen-bond acceptors (Lipinski definition) is 3. The first-order valence-corrected chi connectivity index (χ1v) is 9.33. The van der Waals surface area contributed by atoms with Crippen LogP contribution in [0.15, 0.2) is 35.2 Å². The third-order valence-corrected chi connectivity index (χ3v) is 5.92. The number of nitrogens with one attached hydrogen (secondary N) is 1. The average molecular weight is 324 g/mol. The fourth-order valence-electron chi connectivity index (χ4n) is 2.90. The minimum atomic E-state index is -3.64. The van der Waals surface area contributed by atoms with E-state index in [4.69, 9.17) is 0 Å². The maximum Gasteiger partial charge on any atom is 0.243 e. The van der Waals surface area contributed by atoms with E-state index in [1.54, 1.807) is 30.3 Å². The quantitative estimate of drug-likeness (QED) is 0.872. The molecule has 1 aromatic carbocycles. The van der Waals surface area contributed by atoms with E-state index in [-0.39, 0.29) is 23.4 Å². The van der Waals surface area contributed by atoms with Crippen LogP contribution in [-0.2, 0) is 14.8 Å². The van der Waals surface area contributed by atoms with Crippen LogP contribution in [0, 0.1) is 0 Å². The van der Waals surface area contributed by atoms with Crippen molar-refractivity contribution in [2.75, 3.05) is 13.1 Å². The van der Waals surface area contributed by atoms with Crippen molar-refractivity contribution in [1.29, 1.82) is 0 Å². The lowest BCUT2D eigenvalue weighted by Crippen LogP contribution is -2.47. The van der Waals surface area contributed by atoms with Gasteiger partial charge in [-0.1, -0.05) is 37.5 Å². The zero-order valence-corrected chi connectivity index (χ0v) is 13.8. The van der Waals surface area contributed by atoms with Crippen LogP contribution < -0.4 is 5.32 Å². The summed E-state index contributed by atoms with van der Waals surface area (Å²) in [5.41, 5.74) is 0. The first-order valence-electron chi connectivity index (χ1n) is 7.89. The summed E-state index contributed by atoms with van der Waals surface area (Å²) < 4.78 is 27.2. The highest BCUT2D eigenvalue weighted by atomic mass is 32.2. The van der Waals surface area contributed by atoms with Gasteiger partial charge in [0.2, 0.25) is 15.9 Å². The number of carbonyl (C=O) groups is 1. The van der Waals surface area contributed by atoms with Crippen molar-refractivity contribution in [1.82, 2.24) is 9.62 Å². The highest BCUT2D eigenvalue weighted by Gasteiger charge is 2.33. The monoisotopic (exact) mass is 324 g/mol. The smallest absolute Gasteiger partial charge is 0.243 e. The standard InChI is InChI=1S/C16H24N2O3S/c1-2-17-16(19)13-18(14-9-5-3-6-10-14)22(20,21)15-11-7-4-8-12-15/h4,7-8,11-12,14H,2-3,5-6,9-10,13H2,1H3,(H,17,19). The first kappa shape index (κ1) is 17.0. The summed E-state index contributed by atoms with van der Waals surface area (Å²) in [7, 11) is -3.64. The average Bonchev–Trinajstić information content (AvgIpc) is 2.54. The predicted octanol–water partition coefficient (Wildman–Crippen LogP) is 2.15. The maximum atomic E-state index is 12.9. The van der Waals surface area contributed by atoms with E-state index in [0.717, 1.165) is 32.1 Å². The Bertz CT molecular complexity index is 581. The number of rotatable bonds is 6. The van der Waals surface area contributed by atoms with E-state index < -0.39 is 10.0 Å². The van der Waals surface area contributed by atoms with Crippen LogP contribution in [0.2, 0.25) is 0 Å². The Balaban J connectivity index is 2.28. The zero-order chi connectivity index (χ0) is 16.0. The molecule has 6 heteroatoms. The molecule has 1 fully saturated rings. The Hall–Kier alpha value is -1.40. The van der Waals surface area contributed by atoms with Crippen molar-refractivity contribution in [2.45, 2.75) is 50.0 Å². The van der Waals surface area contributed by atoms with Gasteiger partial charge in [0.15, 0.2) is 0 Å². The van der Waals surface area contributed by atoms with E-state index in [0.29, 0.717) is 6.54 Å². The lowest BCUT2D eigenvalue weighted by molar-refractivity contribution is -0.121. The fraction of sp³-hybridized carbons (Fsp3) is 0.562. The summed E-state index contributed by atoms with van der Waals surface area (Å²) >= 11 is 0. The molecule has 5 nitrogen and oxygen atoms in total. The molecule has 0 heterocycles. The molecule has 0 radical (unpaired) electrons. The van der Waals surface area contributed by atoms with Crippen molar-refractivity contribution in [3.05, 3.63) is 30.3 Å². The van der Waals surface area contributed by atoms with Gasteiger partial charge >= 0.3 is 0 Å². The molecule has 1 aliphatic rings. The van der Waals surface area contributed by atoms with Gasteiger partial charge in [-0.05, 0) is 31.9 Å². The molecular formula is C16H24N2O3S. The van der Waals surface area contributed by atoms with Gasteiger partial charge in [-0.15, -0.1) is 0 Å². The number of sulfonamides is 1. The van der Waals surface area contributed by atoms with Gasteiger partial charge < -0.3 is 5.32 Å². The summed E-state index contributed by atoms with van der Waals surface area (Å²) in [5.74, 6) is -0.243. The summed E-state index contributed by atoms with van der Waals surface area (Å²) in [6.07, 6.45) is 4.82. The van der Waals surface area contributed by atoms with Crippen molar-refractivity contribution in [3.63, 3.8) is 0 Å². The summed E-state index contributed by atoms with van der Waals surface area (Å²) in [6.45, 7) is 2.23. The van der Waals surface area contributed by atoms with E-state index in [2.05, 4.69) is 5.32 Å². The molecule has 0 aliphatic heterocycles. The molecule has 122 valence electrons. The van der Waals surface area contributed by atoms with Crippen molar-refractivity contribution < 1.29 is 13.2 Å². The second-order valence-corrected chi connectivity index (χ2v) is 7.50. The summed E-state index contributed by atoms with van der Waals surface area (Å²) in [6, 6.07) is 8.29. The lowest BCUT2D eigenvalue weighted by atomic mass is 9.95. The van der Waals surface area contributed by atoms with Gasteiger partial charge in [0.05, 0.1) is 11.4 Å². The molecule has 0 atom stereocenters. The lowest BCUT2D eigenvalue weighted by Gasteiger charge is -2.33. The molecular weight excluding hydrogens is 300 g/mol. The van der Waals surface area contributed by atoms with Crippen molar-refractivity contribution >= 4 is 15.9 Å². The van der Waals surface area contributed by atoms with Crippen LogP contribution in [0.4, 0.5) is 0 Å². The molecule has 0 saturated heterocycles. The van der Waals surface area contributed by atoms with Crippen LogP contribution in [0.25, 0.3) is 0 Å². The third-order valence-electron chi connectivity index (χ3n) is 4.01. The molecule has 1 amide bonds. The zero-order valence-electron chi connectivity index (χ0n) is 13.0. The van der Waals surface area contributed by atoms with Crippen LogP contribution in [-0.4, -0.2) is 37.8 Å². The van der Waals surface area contributed by atoms with Gasteiger partial charge in [-0.2, -0.15) is 4.31 Å². The Morgan fingerprint density at radius 3 is 2.41 bits per heavy atom. The second-order valence-electron chi connectivity index (χ2n) is 5.61. The first-order chi connectivity index (χ1) is 10.6. The predicted molar refractivity (Wildman–Crippen MR) is 85.9 cm³/mol. The number of likely N-dealkylation sites (N-methyl/N-ethyl adjacent to an activating group) is 1. The van der Waals surface area contributed by atoms with Crippen LogP contribution in [0.5, 0.6) is 0 Å². The summed E-state index contributed by atoms with van der Waals surface area (Å²) in [5, 5.41) is 2.69. The normalized spacial score (nSPS) is 16.6. The van der Waals surface area contributed by atoms with Gasteiger partial charge in [-0.25, -0.2) is 8.42 Å².